The predicted molar refractivity (Wildman–Crippen MR) is 76.6 cm³/mol. The summed E-state index contributed by atoms with van der Waals surface area (Å²) < 4.78 is 35.3. The normalized spacial score (nSPS) is 19.6. The van der Waals surface area contributed by atoms with E-state index < -0.39 is 16.0 Å². The Balaban J connectivity index is 1.98. The smallest absolute Gasteiger partial charge is 0.296 e. The van der Waals surface area contributed by atoms with E-state index in [1.807, 2.05) is 19.9 Å². The highest BCUT2D eigenvalue weighted by Crippen LogP contribution is 2.21. The molecule has 0 unspecified atom stereocenters. The van der Waals surface area contributed by atoms with Crippen molar-refractivity contribution in [3.05, 3.63) is 24.3 Å². The number of nitrogens with two attached hydrogens (primary N) is 1. The molecular formula is C12H19N3O4S. The molecule has 20 heavy (non-hydrogen) atoms. The first-order chi connectivity index (χ1) is 9.23. The molecule has 1 fully saturated rings. The van der Waals surface area contributed by atoms with Crippen molar-refractivity contribution in [3.8, 4) is 0 Å². The Morgan fingerprint density at radius 1 is 1.25 bits per heavy atom. The SMILES string of the molecule is CC1(C)OCC(Nc2cccc(NS(N)(=O)=O)c2)CO1. The molecule has 0 radical (unpaired) electrons. The third-order valence-corrected chi connectivity index (χ3v) is 3.28. The highest BCUT2D eigenvalue weighted by Gasteiger charge is 2.28. The van der Waals surface area contributed by atoms with Gasteiger partial charge in [-0.3, -0.25) is 4.72 Å². The highest BCUT2D eigenvalue weighted by atomic mass is 32.2. The van der Waals surface area contributed by atoms with Gasteiger partial charge in [0.05, 0.1) is 24.9 Å². The van der Waals surface area contributed by atoms with Crippen LogP contribution in [0.4, 0.5) is 11.4 Å². The lowest BCUT2D eigenvalue weighted by molar-refractivity contribution is -0.247. The van der Waals surface area contributed by atoms with E-state index in [1.54, 1.807) is 18.2 Å². The molecule has 1 aromatic carbocycles. The van der Waals surface area contributed by atoms with Crippen LogP contribution < -0.4 is 15.2 Å². The van der Waals surface area contributed by atoms with Crippen molar-refractivity contribution >= 4 is 21.6 Å². The average Bonchev–Trinajstić information content (AvgIpc) is 2.30. The van der Waals surface area contributed by atoms with E-state index in [9.17, 15) is 8.42 Å². The van der Waals surface area contributed by atoms with Crippen molar-refractivity contribution in [2.24, 2.45) is 5.14 Å². The summed E-state index contributed by atoms with van der Waals surface area (Å²) in [6.45, 7) is 4.75. The number of rotatable bonds is 4. The molecular weight excluding hydrogens is 282 g/mol. The van der Waals surface area contributed by atoms with E-state index in [1.165, 1.54) is 0 Å². The van der Waals surface area contributed by atoms with Gasteiger partial charge in [-0.25, -0.2) is 5.14 Å². The predicted octanol–water partition coefficient (Wildman–Crippen LogP) is 0.865. The number of ether oxygens (including phenoxy) is 2. The molecule has 0 spiro atoms. The lowest BCUT2D eigenvalue weighted by atomic mass is 10.2. The monoisotopic (exact) mass is 301 g/mol. The molecule has 0 aromatic heterocycles. The largest absolute Gasteiger partial charge is 0.378 e. The molecule has 1 aliphatic heterocycles. The zero-order chi connectivity index (χ0) is 14.8. The van der Waals surface area contributed by atoms with Crippen LogP contribution in [0.25, 0.3) is 0 Å². The van der Waals surface area contributed by atoms with Crippen molar-refractivity contribution in [1.29, 1.82) is 0 Å². The minimum Gasteiger partial charge on any atom is -0.378 e. The standard InChI is InChI=1S/C12H19N3O4S/c1-12(2)18-7-11(8-19-12)14-9-4-3-5-10(6-9)15-20(13,16)17/h3-6,11,14-15H,7-8H2,1-2H3,(H2,13,16,17). The van der Waals surface area contributed by atoms with Crippen molar-refractivity contribution in [2.75, 3.05) is 23.3 Å². The fourth-order valence-electron chi connectivity index (χ4n) is 1.85. The molecule has 4 N–H and O–H groups in total. The summed E-state index contributed by atoms with van der Waals surface area (Å²) >= 11 is 0. The van der Waals surface area contributed by atoms with Crippen LogP contribution in [0, 0.1) is 0 Å². The summed E-state index contributed by atoms with van der Waals surface area (Å²) in [6, 6.07) is 6.84. The van der Waals surface area contributed by atoms with Crippen molar-refractivity contribution in [2.45, 2.75) is 25.7 Å². The maximum absolute atomic E-state index is 11.0. The highest BCUT2D eigenvalue weighted by molar-refractivity contribution is 7.90. The topological polar surface area (TPSA) is 103 Å². The fraction of sp³-hybridized carbons (Fsp3) is 0.500. The van der Waals surface area contributed by atoms with Gasteiger partial charge in [0.1, 0.15) is 0 Å². The second-order valence-corrected chi connectivity index (χ2v) is 6.39. The number of hydrogen-bond donors (Lipinski definition) is 3. The van der Waals surface area contributed by atoms with Gasteiger partial charge < -0.3 is 14.8 Å². The third kappa shape index (κ3) is 4.64. The Morgan fingerprint density at radius 3 is 2.45 bits per heavy atom. The molecule has 1 saturated heterocycles. The van der Waals surface area contributed by atoms with Crippen LogP contribution in [-0.4, -0.2) is 33.5 Å². The van der Waals surface area contributed by atoms with Gasteiger partial charge in [0.2, 0.25) is 0 Å². The zero-order valence-electron chi connectivity index (χ0n) is 11.4. The van der Waals surface area contributed by atoms with Crippen LogP contribution in [0.2, 0.25) is 0 Å². The summed E-state index contributed by atoms with van der Waals surface area (Å²) in [5, 5.41) is 8.15. The van der Waals surface area contributed by atoms with Crippen LogP contribution in [0.5, 0.6) is 0 Å². The summed E-state index contributed by atoms with van der Waals surface area (Å²) in [5.74, 6) is -0.560. The van der Waals surface area contributed by atoms with Gasteiger partial charge in [-0.1, -0.05) is 6.07 Å². The number of hydrogen-bond acceptors (Lipinski definition) is 5. The molecule has 0 bridgehead atoms. The second kappa shape index (κ2) is 5.57. The maximum Gasteiger partial charge on any atom is 0.296 e. The lowest BCUT2D eigenvalue weighted by Gasteiger charge is -2.35. The summed E-state index contributed by atoms with van der Waals surface area (Å²) in [7, 11) is -3.77. The Labute approximate surface area is 118 Å². The lowest BCUT2D eigenvalue weighted by Crippen LogP contribution is -2.45. The van der Waals surface area contributed by atoms with Crippen molar-refractivity contribution in [3.63, 3.8) is 0 Å². The average molecular weight is 301 g/mol. The Bertz CT molecular complexity index is 564. The molecule has 0 aliphatic carbocycles. The van der Waals surface area contributed by atoms with Gasteiger partial charge in [0.15, 0.2) is 5.79 Å². The van der Waals surface area contributed by atoms with Gasteiger partial charge in [-0.15, -0.1) is 0 Å². The first-order valence-electron chi connectivity index (χ1n) is 6.19. The van der Waals surface area contributed by atoms with E-state index in [0.717, 1.165) is 5.69 Å². The van der Waals surface area contributed by atoms with E-state index in [2.05, 4.69) is 10.0 Å². The van der Waals surface area contributed by atoms with E-state index in [0.29, 0.717) is 18.9 Å². The molecule has 1 aromatic rings. The zero-order valence-corrected chi connectivity index (χ0v) is 12.2. The van der Waals surface area contributed by atoms with Gasteiger partial charge in [0, 0.05) is 5.69 Å². The Kier molecular flexibility index (Phi) is 4.19. The number of nitrogens with one attached hydrogen (secondary N) is 2. The second-order valence-electron chi connectivity index (χ2n) is 5.09. The molecule has 0 saturated carbocycles. The molecule has 7 nitrogen and oxygen atoms in total. The fourth-order valence-corrected chi connectivity index (χ4v) is 2.30. The Hall–Kier alpha value is -1.35. The van der Waals surface area contributed by atoms with Gasteiger partial charge in [-0.05, 0) is 32.0 Å². The number of anilines is 2. The van der Waals surface area contributed by atoms with Gasteiger partial charge in [0.25, 0.3) is 10.2 Å². The quantitative estimate of drug-likeness (QED) is 0.765. The molecule has 0 atom stereocenters. The summed E-state index contributed by atoms with van der Waals surface area (Å²) in [4.78, 5) is 0. The molecule has 0 amide bonds. The minimum atomic E-state index is -3.77. The summed E-state index contributed by atoms with van der Waals surface area (Å²) in [5.41, 5.74) is 1.16. The van der Waals surface area contributed by atoms with Crippen LogP contribution in [-0.2, 0) is 19.7 Å². The first-order valence-corrected chi connectivity index (χ1v) is 7.73. The van der Waals surface area contributed by atoms with Crippen LogP contribution >= 0.6 is 0 Å². The Morgan fingerprint density at radius 2 is 1.85 bits per heavy atom. The molecule has 1 heterocycles. The van der Waals surface area contributed by atoms with E-state index in [-0.39, 0.29) is 6.04 Å². The van der Waals surface area contributed by atoms with E-state index in [4.69, 9.17) is 14.6 Å². The van der Waals surface area contributed by atoms with Crippen LogP contribution in [0.15, 0.2) is 24.3 Å². The molecule has 1 aliphatic rings. The van der Waals surface area contributed by atoms with Gasteiger partial charge >= 0.3 is 0 Å². The minimum absolute atomic E-state index is 0.00718. The number of benzene rings is 1. The third-order valence-electron chi connectivity index (χ3n) is 2.76. The molecule has 112 valence electrons. The van der Waals surface area contributed by atoms with Crippen LogP contribution in [0.1, 0.15) is 13.8 Å². The molecule has 8 heteroatoms. The van der Waals surface area contributed by atoms with Gasteiger partial charge in [-0.2, -0.15) is 8.42 Å². The van der Waals surface area contributed by atoms with Crippen LogP contribution in [0.3, 0.4) is 0 Å². The van der Waals surface area contributed by atoms with Crippen molar-refractivity contribution in [1.82, 2.24) is 0 Å². The summed E-state index contributed by atoms with van der Waals surface area (Å²) in [6.07, 6.45) is 0. The van der Waals surface area contributed by atoms with E-state index >= 15 is 0 Å². The van der Waals surface area contributed by atoms with Crippen molar-refractivity contribution < 1.29 is 17.9 Å². The first kappa shape index (κ1) is 15.0. The molecule has 2 rings (SSSR count). The maximum atomic E-state index is 11.0.